The molecule has 1 aromatic rings. The fourth-order valence-electron chi connectivity index (χ4n) is 2.37. The van der Waals surface area contributed by atoms with Crippen LogP contribution in [0.3, 0.4) is 0 Å². The van der Waals surface area contributed by atoms with Crippen LogP contribution in [0.1, 0.15) is 32.3 Å². The lowest BCUT2D eigenvalue weighted by Crippen LogP contribution is -2.43. The quantitative estimate of drug-likeness (QED) is 0.845. The standard InChI is InChI=1S/C13H16Cl2O2/c1-12(2)8-13(16,5-6-17-12)9-3-4-10(14)11(15)7-9/h3-4,7,16H,5-6,8H2,1-2H3. The van der Waals surface area contributed by atoms with Crippen LogP contribution in [0.15, 0.2) is 18.2 Å². The molecule has 0 radical (unpaired) electrons. The Morgan fingerprint density at radius 3 is 2.53 bits per heavy atom. The fraction of sp³-hybridized carbons (Fsp3) is 0.538. The van der Waals surface area contributed by atoms with Gasteiger partial charge in [-0.15, -0.1) is 0 Å². The van der Waals surface area contributed by atoms with E-state index in [1.54, 1.807) is 12.1 Å². The number of aliphatic hydroxyl groups is 1. The zero-order chi connectivity index (χ0) is 12.7. The summed E-state index contributed by atoms with van der Waals surface area (Å²) in [6.07, 6.45) is 1.13. The molecule has 0 aromatic heterocycles. The van der Waals surface area contributed by atoms with E-state index in [9.17, 15) is 5.11 Å². The molecule has 1 aromatic carbocycles. The number of halogens is 2. The summed E-state index contributed by atoms with van der Waals surface area (Å²) in [6.45, 7) is 4.51. The number of ether oxygens (including phenoxy) is 1. The van der Waals surface area contributed by atoms with Gasteiger partial charge in [-0.2, -0.15) is 0 Å². The van der Waals surface area contributed by atoms with Crippen LogP contribution in [-0.4, -0.2) is 17.3 Å². The number of benzene rings is 1. The summed E-state index contributed by atoms with van der Waals surface area (Å²) in [4.78, 5) is 0. The van der Waals surface area contributed by atoms with Gasteiger partial charge >= 0.3 is 0 Å². The van der Waals surface area contributed by atoms with Gasteiger partial charge in [-0.25, -0.2) is 0 Å². The van der Waals surface area contributed by atoms with E-state index in [1.807, 2.05) is 19.9 Å². The Morgan fingerprint density at radius 1 is 1.24 bits per heavy atom. The monoisotopic (exact) mass is 274 g/mol. The third-order valence-corrected chi connectivity index (χ3v) is 3.92. The third-order valence-electron chi connectivity index (χ3n) is 3.18. The van der Waals surface area contributed by atoms with Crippen molar-refractivity contribution in [1.29, 1.82) is 0 Å². The molecule has 1 atom stereocenters. The largest absolute Gasteiger partial charge is 0.385 e. The van der Waals surface area contributed by atoms with Crippen molar-refractivity contribution in [3.8, 4) is 0 Å². The number of hydrogen-bond acceptors (Lipinski definition) is 2. The topological polar surface area (TPSA) is 29.5 Å². The molecule has 0 saturated carbocycles. The highest BCUT2D eigenvalue weighted by molar-refractivity contribution is 6.42. The Bertz CT molecular complexity index is 431. The van der Waals surface area contributed by atoms with Crippen molar-refractivity contribution in [2.24, 2.45) is 0 Å². The molecule has 1 heterocycles. The Balaban J connectivity index is 2.34. The Hall–Kier alpha value is -0.280. The van der Waals surface area contributed by atoms with Crippen LogP contribution in [0.4, 0.5) is 0 Å². The summed E-state index contributed by atoms with van der Waals surface area (Å²) in [6, 6.07) is 5.29. The first kappa shape index (κ1) is 13.2. The van der Waals surface area contributed by atoms with Crippen molar-refractivity contribution in [3.63, 3.8) is 0 Å². The van der Waals surface area contributed by atoms with Crippen LogP contribution in [-0.2, 0) is 10.3 Å². The lowest BCUT2D eigenvalue weighted by molar-refractivity contribution is -0.148. The summed E-state index contributed by atoms with van der Waals surface area (Å²) < 4.78 is 5.62. The van der Waals surface area contributed by atoms with Crippen LogP contribution in [0.25, 0.3) is 0 Å². The summed E-state index contributed by atoms with van der Waals surface area (Å²) in [5.74, 6) is 0. The van der Waals surface area contributed by atoms with Crippen LogP contribution in [0.5, 0.6) is 0 Å². The van der Waals surface area contributed by atoms with Gasteiger partial charge in [0.15, 0.2) is 0 Å². The summed E-state index contributed by atoms with van der Waals surface area (Å²) in [5, 5.41) is 11.7. The minimum absolute atomic E-state index is 0.320. The first-order chi connectivity index (χ1) is 7.82. The highest BCUT2D eigenvalue weighted by Gasteiger charge is 2.40. The van der Waals surface area contributed by atoms with Crippen molar-refractivity contribution in [2.75, 3.05) is 6.61 Å². The maximum Gasteiger partial charge on any atom is 0.0946 e. The van der Waals surface area contributed by atoms with Gasteiger partial charge in [-0.1, -0.05) is 29.3 Å². The predicted octanol–water partition coefficient (Wildman–Crippen LogP) is 3.77. The molecule has 1 N–H and O–H groups in total. The molecule has 1 aliphatic heterocycles. The van der Waals surface area contributed by atoms with Crippen molar-refractivity contribution in [3.05, 3.63) is 33.8 Å². The van der Waals surface area contributed by atoms with E-state index < -0.39 is 5.60 Å². The van der Waals surface area contributed by atoms with E-state index in [-0.39, 0.29) is 5.60 Å². The summed E-state index contributed by atoms with van der Waals surface area (Å²) in [5.41, 5.74) is -0.391. The molecular formula is C13H16Cl2O2. The lowest BCUT2D eigenvalue weighted by Gasteiger charge is -2.41. The molecule has 0 aliphatic carbocycles. The molecule has 1 aliphatic rings. The molecule has 17 heavy (non-hydrogen) atoms. The van der Waals surface area contributed by atoms with Crippen molar-refractivity contribution in [1.82, 2.24) is 0 Å². The van der Waals surface area contributed by atoms with E-state index in [2.05, 4.69) is 0 Å². The highest BCUT2D eigenvalue weighted by atomic mass is 35.5. The molecule has 1 unspecified atom stereocenters. The normalized spacial score (nSPS) is 28.1. The predicted molar refractivity (Wildman–Crippen MR) is 69.6 cm³/mol. The van der Waals surface area contributed by atoms with Gasteiger partial charge in [0, 0.05) is 12.8 Å². The molecule has 0 amide bonds. The van der Waals surface area contributed by atoms with Crippen LogP contribution >= 0.6 is 23.2 Å². The SMILES string of the molecule is CC1(C)CC(O)(c2ccc(Cl)c(Cl)c2)CCO1. The van der Waals surface area contributed by atoms with Gasteiger partial charge in [-0.05, 0) is 31.5 Å². The third kappa shape index (κ3) is 2.76. The molecule has 1 saturated heterocycles. The molecule has 1 fully saturated rings. The van der Waals surface area contributed by atoms with E-state index in [1.165, 1.54) is 0 Å². The van der Waals surface area contributed by atoms with Gasteiger partial charge in [0.1, 0.15) is 0 Å². The Morgan fingerprint density at radius 2 is 1.94 bits per heavy atom. The second-order valence-electron chi connectivity index (χ2n) is 5.20. The maximum atomic E-state index is 10.7. The van der Waals surface area contributed by atoms with Crippen LogP contribution in [0.2, 0.25) is 10.0 Å². The highest BCUT2D eigenvalue weighted by Crippen LogP contribution is 2.40. The maximum absolute atomic E-state index is 10.7. The molecule has 0 spiro atoms. The average molecular weight is 275 g/mol. The first-order valence-corrected chi connectivity index (χ1v) is 6.40. The smallest absolute Gasteiger partial charge is 0.0946 e. The Labute approximate surface area is 111 Å². The van der Waals surface area contributed by atoms with Crippen molar-refractivity contribution in [2.45, 2.75) is 37.9 Å². The zero-order valence-electron chi connectivity index (χ0n) is 9.96. The summed E-state index contributed by atoms with van der Waals surface area (Å²) >= 11 is 11.9. The van der Waals surface area contributed by atoms with Gasteiger partial charge in [0.2, 0.25) is 0 Å². The van der Waals surface area contributed by atoms with Gasteiger partial charge in [-0.3, -0.25) is 0 Å². The van der Waals surface area contributed by atoms with Crippen LogP contribution < -0.4 is 0 Å². The van der Waals surface area contributed by atoms with E-state index in [0.29, 0.717) is 29.5 Å². The molecular weight excluding hydrogens is 259 g/mol. The van der Waals surface area contributed by atoms with Crippen molar-refractivity contribution < 1.29 is 9.84 Å². The molecule has 2 rings (SSSR count). The van der Waals surface area contributed by atoms with Gasteiger partial charge in [0.25, 0.3) is 0 Å². The zero-order valence-corrected chi connectivity index (χ0v) is 11.5. The molecule has 4 heteroatoms. The second kappa shape index (κ2) is 4.43. The fourth-order valence-corrected chi connectivity index (χ4v) is 2.67. The Kier molecular flexibility index (Phi) is 3.43. The average Bonchev–Trinajstić information content (AvgIpc) is 2.20. The van der Waals surface area contributed by atoms with E-state index >= 15 is 0 Å². The first-order valence-electron chi connectivity index (χ1n) is 5.64. The lowest BCUT2D eigenvalue weighted by atomic mass is 9.79. The summed E-state index contributed by atoms with van der Waals surface area (Å²) in [7, 11) is 0. The molecule has 2 nitrogen and oxygen atoms in total. The van der Waals surface area contributed by atoms with Crippen molar-refractivity contribution >= 4 is 23.2 Å². The molecule has 0 bridgehead atoms. The number of hydrogen-bond donors (Lipinski definition) is 1. The number of rotatable bonds is 1. The molecule has 94 valence electrons. The van der Waals surface area contributed by atoms with E-state index in [0.717, 1.165) is 5.56 Å². The minimum Gasteiger partial charge on any atom is -0.385 e. The van der Waals surface area contributed by atoms with Crippen LogP contribution in [0, 0.1) is 0 Å². The van der Waals surface area contributed by atoms with Gasteiger partial charge in [0.05, 0.1) is 27.9 Å². The minimum atomic E-state index is -0.879. The van der Waals surface area contributed by atoms with Gasteiger partial charge < -0.3 is 9.84 Å². The van der Waals surface area contributed by atoms with E-state index in [4.69, 9.17) is 27.9 Å². The second-order valence-corrected chi connectivity index (χ2v) is 6.01.